The van der Waals surface area contributed by atoms with Gasteiger partial charge >= 0.3 is 0 Å². The van der Waals surface area contributed by atoms with E-state index in [9.17, 15) is 0 Å². The van der Waals surface area contributed by atoms with Crippen LogP contribution in [0.25, 0.3) is 0 Å². The molecule has 116 valence electrons. The third-order valence-electron chi connectivity index (χ3n) is 3.88. The lowest BCUT2D eigenvalue weighted by Crippen LogP contribution is -2.18. The molecule has 5 heteroatoms. The second kappa shape index (κ2) is 7.41. The lowest BCUT2D eigenvalue weighted by Gasteiger charge is -2.06. The van der Waals surface area contributed by atoms with E-state index in [0.29, 0.717) is 0 Å². The van der Waals surface area contributed by atoms with Crippen LogP contribution in [0.2, 0.25) is 0 Å². The number of hydrogen-bond donors (Lipinski definition) is 1. The lowest BCUT2D eigenvalue weighted by atomic mass is 10.1. The Labute approximate surface area is 127 Å². The fourth-order valence-electron chi connectivity index (χ4n) is 2.66. The average Bonchev–Trinajstić information content (AvgIpc) is 2.98. The van der Waals surface area contributed by atoms with Crippen molar-refractivity contribution in [3.63, 3.8) is 0 Å². The van der Waals surface area contributed by atoms with Crippen LogP contribution in [-0.4, -0.2) is 32.7 Å². The number of aryl methyl sites for hydroxylation is 4. The first-order valence-electron chi connectivity index (χ1n) is 7.83. The van der Waals surface area contributed by atoms with Crippen LogP contribution in [0.4, 0.5) is 0 Å². The van der Waals surface area contributed by atoms with E-state index < -0.39 is 0 Å². The summed E-state index contributed by atoms with van der Waals surface area (Å²) in [7, 11) is 1.95. The van der Waals surface area contributed by atoms with Crippen molar-refractivity contribution in [2.45, 2.75) is 46.6 Å². The third kappa shape index (κ3) is 4.17. The van der Waals surface area contributed by atoms with Gasteiger partial charge in [-0.05, 0) is 57.3 Å². The quantitative estimate of drug-likeness (QED) is 0.756. The molecule has 0 radical (unpaired) electrons. The molecule has 5 nitrogen and oxygen atoms in total. The number of hydrogen-bond acceptors (Lipinski definition) is 3. The third-order valence-corrected chi connectivity index (χ3v) is 3.88. The van der Waals surface area contributed by atoms with E-state index in [1.54, 1.807) is 0 Å². The Morgan fingerprint density at radius 1 is 1.19 bits per heavy atom. The van der Waals surface area contributed by atoms with E-state index in [0.717, 1.165) is 38.2 Å². The van der Waals surface area contributed by atoms with Crippen molar-refractivity contribution in [3.05, 3.63) is 34.9 Å². The highest BCUT2D eigenvalue weighted by Gasteiger charge is 2.11. The van der Waals surface area contributed by atoms with Crippen LogP contribution in [0, 0.1) is 13.8 Å². The highest BCUT2D eigenvalue weighted by Crippen LogP contribution is 2.14. The van der Waals surface area contributed by atoms with Crippen LogP contribution in [0.3, 0.4) is 0 Å². The Kier molecular flexibility index (Phi) is 5.56. The molecule has 0 saturated carbocycles. The van der Waals surface area contributed by atoms with Crippen molar-refractivity contribution < 1.29 is 0 Å². The minimum absolute atomic E-state index is 0.917. The van der Waals surface area contributed by atoms with Gasteiger partial charge in [-0.3, -0.25) is 9.36 Å². The van der Waals surface area contributed by atoms with Gasteiger partial charge in [0.05, 0.1) is 11.9 Å². The maximum absolute atomic E-state index is 4.69. The molecular formula is C16H27N5. The predicted octanol–water partition coefficient (Wildman–Crippen LogP) is 2.02. The van der Waals surface area contributed by atoms with Crippen LogP contribution in [0.5, 0.6) is 0 Å². The van der Waals surface area contributed by atoms with Crippen LogP contribution in [-0.2, 0) is 26.4 Å². The minimum atomic E-state index is 0.917. The molecule has 0 fully saturated rings. The fraction of sp³-hybridized carbons (Fsp3) is 0.625. The summed E-state index contributed by atoms with van der Waals surface area (Å²) in [5.74, 6) is 0. The van der Waals surface area contributed by atoms with Gasteiger partial charge in [0.15, 0.2) is 0 Å². The zero-order chi connectivity index (χ0) is 15.2. The minimum Gasteiger partial charge on any atom is -0.316 e. The van der Waals surface area contributed by atoms with Gasteiger partial charge in [0.2, 0.25) is 0 Å². The molecule has 0 spiro atoms. The molecule has 2 aromatic heterocycles. The maximum atomic E-state index is 4.69. The normalized spacial score (nSPS) is 11.2. The van der Waals surface area contributed by atoms with E-state index in [1.807, 2.05) is 17.9 Å². The van der Waals surface area contributed by atoms with E-state index in [2.05, 4.69) is 42.1 Å². The second-order valence-electron chi connectivity index (χ2n) is 5.64. The summed E-state index contributed by atoms with van der Waals surface area (Å²) in [5, 5.41) is 12.4. The summed E-state index contributed by atoms with van der Waals surface area (Å²) in [6, 6.07) is 0. The molecule has 0 amide bonds. The standard InChI is InChI=1S/C16H27N5/c1-5-8-17-9-6-16-13(2)19-21(14(16)3)10-7-15-11-18-20(4)12-15/h11-12,17H,5-10H2,1-4H3. The molecule has 1 N–H and O–H groups in total. The van der Waals surface area contributed by atoms with Crippen molar-refractivity contribution in [1.29, 1.82) is 0 Å². The first kappa shape index (κ1) is 15.8. The second-order valence-corrected chi connectivity index (χ2v) is 5.64. The molecule has 0 aromatic carbocycles. The lowest BCUT2D eigenvalue weighted by molar-refractivity contribution is 0.592. The molecule has 0 aliphatic rings. The van der Waals surface area contributed by atoms with E-state index in [4.69, 9.17) is 5.10 Å². The Morgan fingerprint density at radius 3 is 2.67 bits per heavy atom. The van der Waals surface area contributed by atoms with E-state index >= 15 is 0 Å². The Morgan fingerprint density at radius 2 is 2.00 bits per heavy atom. The topological polar surface area (TPSA) is 47.7 Å². The average molecular weight is 289 g/mol. The van der Waals surface area contributed by atoms with Crippen LogP contribution in [0.15, 0.2) is 12.4 Å². The van der Waals surface area contributed by atoms with E-state index in [1.165, 1.54) is 23.2 Å². The molecule has 21 heavy (non-hydrogen) atoms. The molecule has 0 aliphatic carbocycles. The van der Waals surface area contributed by atoms with Gasteiger partial charge in [-0.1, -0.05) is 6.92 Å². The van der Waals surface area contributed by atoms with Crippen LogP contribution in [0.1, 0.15) is 35.9 Å². The smallest absolute Gasteiger partial charge is 0.0628 e. The van der Waals surface area contributed by atoms with Crippen molar-refractivity contribution >= 4 is 0 Å². The van der Waals surface area contributed by atoms with Crippen molar-refractivity contribution in [2.24, 2.45) is 7.05 Å². The summed E-state index contributed by atoms with van der Waals surface area (Å²) < 4.78 is 3.98. The SMILES string of the molecule is CCCNCCc1c(C)nn(CCc2cnn(C)c2)c1C. The first-order valence-corrected chi connectivity index (χ1v) is 7.83. The van der Waals surface area contributed by atoms with Crippen molar-refractivity contribution in [3.8, 4) is 0 Å². The summed E-state index contributed by atoms with van der Waals surface area (Å²) >= 11 is 0. The largest absolute Gasteiger partial charge is 0.316 e. The maximum Gasteiger partial charge on any atom is 0.0628 e. The zero-order valence-electron chi connectivity index (χ0n) is 13.7. The van der Waals surface area contributed by atoms with Crippen LogP contribution >= 0.6 is 0 Å². The van der Waals surface area contributed by atoms with Crippen molar-refractivity contribution in [1.82, 2.24) is 24.9 Å². The summed E-state index contributed by atoms with van der Waals surface area (Å²) in [5.41, 5.74) is 5.12. The molecule has 2 heterocycles. The van der Waals surface area contributed by atoms with Gasteiger partial charge in [0, 0.05) is 25.5 Å². The Bertz CT molecular complexity index is 567. The highest BCUT2D eigenvalue weighted by atomic mass is 15.3. The molecule has 2 aromatic rings. The van der Waals surface area contributed by atoms with Gasteiger partial charge in [0.1, 0.15) is 0 Å². The fourth-order valence-corrected chi connectivity index (χ4v) is 2.66. The predicted molar refractivity (Wildman–Crippen MR) is 85.5 cm³/mol. The molecule has 0 saturated heterocycles. The number of rotatable bonds is 8. The molecular weight excluding hydrogens is 262 g/mol. The van der Waals surface area contributed by atoms with Gasteiger partial charge in [-0.25, -0.2) is 0 Å². The number of aromatic nitrogens is 4. The van der Waals surface area contributed by atoms with Crippen LogP contribution < -0.4 is 5.32 Å². The summed E-state index contributed by atoms with van der Waals surface area (Å²) in [4.78, 5) is 0. The number of nitrogens with one attached hydrogen (secondary N) is 1. The molecule has 0 bridgehead atoms. The highest BCUT2D eigenvalue weighted by molar-refractivity contribution is 5.25. The molecule has 2 rings (SSSR count). The van der Waals surface area contributed by atoms with Gasteiger partial charge in [-0.15, -0.1) is 0 Å². The monoisotopic (exact) mass is 289 g/mol. The number of nitrogens with zero attached hydrogens (tertiary/aromatic N) is 4. The Balaban J connectivity index is 1.94. The molecule has 0 unspecified atom stereocenters. The molecule has 0 atom stereocenters. The first-order chi connectivity index (χ1) is 10.1. The zero-order valence-corrected chi connectivity index (χ0v) is 13.7. The van der Waals surface area contributed by atoms with Gasteiger partial charge < -0.3 is 5.32 Å². The Hall–Kier alpha value is -1.62. The van der Waals surface area contributed by atoms with Gasteiger partial charge in [-0.2, -0.15) is 10.2 Å². The molecule has 0 aliphatic heterocycles. The summed E-state index contributed by atoms with van der Waals surface area (Å²) in [6.45, 7) is 9.53. The van der Waals surface area contributed by atoms with Gasteiger partial charge in [0.25, 0.3) is 0 Å². The van der Waals surface area contributed by atoms with Crippen molar-refractivity contribution in [2.75, 3.05) is 13.1 Å². The van der Waals surface area contributed by atoms with E-state index in [-0.39, 0.29) is 0 Å². The summed E-state index contributed by atoms with van der Waals surface area (Å²) in [6.07, 6.45) is 7.22.